The first kappa shape index (κ1) is 13.9. The van der Waals surface area contributed by atoms with Gasteiger partial charge >= 0.3 is 0 Å². The quantitative estimate of drug-likeness (QED) is 0.838. The van der Waals surface area contributed by atoms with Gasteiger partial charge in [0.05, 0.1) is 5.75 Å². The Morgan fingerprint density at radius 2 is 2.16 bits per heavy atom. The van der Waals surface area contributed by atoms with Crippen molar-refractivity contribution in [2.75, 3.05) is 29.2 Å². The molecule has 0 saturated carbocycles. The molecule has 1 aliphatic rings. The lowest BCUT2D eigenvalue weighted by atomic mass is 9.99. The lowest BCUT2D eigenvalue weighted by molar-refractivity contribution is -0.118. The van der Waals surface area contributed by atoms with E-state index < -0.39 is 9.84 Å². The molecule has 0 unspecified atom stereocenters. The number of carbonyl (C=O) groups is 1. The third kappa shape index (κ3) is 3.26. The lowest BCUT2D eigenvalue weighted by Gasteiger charge is -2.30. The highest BCUT2D eigenvalue weighted by atomic mass is 32.2. The summed E-state index contributed by atoms with van der Waals surface area (Å²) in [7, 11) is -3.12. The molecule has 1 aromatic carbocycles. The van der Waals surface area contributed by atoms with Crippen LogP contribution in [0.15, 0.2) is 18.2 Å². The average molecular weight is 282 g/mol. The number of sulfone groups is 1. The molecule has 0 fully saturated rings. The second-order valence-corrected chi connectivity index (χ2v) is 7.13. The summed E-state index contributed by atoms with van der Waals surface area (Å²) >= 11 is 0. The van der Waals surface area contributed by atoms with Crippen molar-refractivity contribution in [2.45, 2.75) is 19.3 Å². The zero-order valence-corrected chi connectivity index (χ0v) is 11.7. The predicted molar refractivity (Wildman–Crippen MR) is 75.9 cm³/mol. The number of nitrogens with zero attached hydrogens (tertiary/aromatic N) is 1. The van der Waals surface area contributed by atoms with Gasteiger partial charge in [-0.3, -0.25) is 4.79 Å². The summed E-state index contributed by atoms with van der Waals surface area (Å²) in [5.74, 6) is -0.267. The number of nitrogen functional groups attached to an aromatic ring is 1. The van der Waals surface area contributed by atoms with Crippen LogP contribution in [0.4, 0.5) is 11.4 Å². The van der Waals surface area contributed by atoms with Gasteiger partial charge in [0, 0.05) is 30.6 Å². The Kier molecular flexibility index (Phi) is 3.80. The minimum Gasteiger partial charge on any atom is -0.398 e. The van der Waals surface area contributed by atoms with E-state index in [0.29, 0.717) is 12.2 Å². The van der Waals surface area contributed by atoms with Gasteiger partial charge in [0.1, 0.15) is 9.84 Å². The van der Waals surface area contributed by atoms with E-state index in [1.165, 1.54) is 0 Å². The van der Waals surface area contributed by atoms with E-state index in [-0.39, 0.29) is 18.1 Å². The maximum atomic E-state index is 12.1. The van der Waals surface area contributed by atoms with Crippen molar-refractivity contribution in [3.8, 4) is 0 Å². The SMILES string of the molecule is CS(=O)(=O)CCC(=O)N1CCCc2c(N)cccc21. The van der Waals surface area contributed by atoms with Crippen molar-refractivity contribution >= 4 is 27.1 Å². The largest absolute Gasteiger partial charge is 0.398 e. The minimum atomic E-state index is -3.12. The van der Waals surface area contributed by atoms with Gasteiger partial charge in [-0.1, -0.05) is 6.07 Å². The summed E-state index contributed by atoms with van der Waals surface area (Å²) in [6.07, 6.45) is 2.87. The minimum absolute atomic E-state index is 0.0209. The molecule has 104 valence electrons. The topological polar surface area (TPSA) is 80.5 Å². The average Bonchev–Trinajstić information content (AvgIpc) is 2.35. The van der Waals surface area contributed by atoms with Crippen LogP contribution in [0.1, 0.15) is 18.4 Å². The molecule has 0 spiro atoms. The summed E-state index contributed by atoms with van der Waals surface area (Å²) in [6, 6.07) is 5.50. The molecule has 2 N–H and O–H groups in total. The third-order valence-electron chi connectivity index (χ3n) is 3.27. The molecule has 1 aliphatic heterocycles. The maximum absolute atomic E-state index is 12.1. The summed E-state index contributed by atoms with van der Waals surface area (Å²) in [4.78, 5) is 13.8. The first-order valence-corrected chi connectivity index (χ1v) is 8.30. The second kappa shape index (κ2) is 5.21. The number of amides is 1. The highest BCUT2D eigenvalue weighted by Gasteiger charge is 2.24. The molecule has 2 rings (SSSR count). The van der Waals surface area contributed by atoms with E-state index in [1.807, 2.05) is 18.2 Å². The standard InChI is InChI=1S/C13H18N2O3S/c1-19(17,18)9-7-13(16)15-8-3-4-10-11(14)5-2-6-12(10)15/h2,5-6H,3-4,7-9,14H2,1H3. The monoisotopic (exact) mass is 282 g/mol. The van der Waals surface area contributed by atoms with Gasteiger partial charge in [-0.25, -0.2) is 8.42 Å². The summed E-state index contributed by atoms with van der Waals surface area (Å²) in [5, 5.41) is 0. The molecule has 0 bridgehead atoms. The van der Waals surface area contributed by atoms with Gasteiger partial charge in [-0.05, 0) is 30.5 Å². The van der Waals surface area contributed by atoms with Crippen LogP contribution in [-0.2, 0) is 21.1 Å². The van der Waals surface area contributed by atoms with Crippen LogP contribution in [0.2, 0.25) is 0 Å². The van der Waals surface area contributed by atoms with E-state index in [2.05, 4.69) is 0 Å². The zero-order valence-electron chi connectivity index (χ0n) is 10.9. The number of benzene rings is 1. The molecule has 6 heteroatoms. The molecule has 0 radical (unpaired) electrons. The molecule has 1 amide bonds. The van der Waals surface area contributed by atoms with Gasteiger partial charge in [0.15, 0.2) is 0 Å². The van der Waals surface area contributed by atoms with Crippen molar-refractivity contribution in [1.29, 1.82) is 0 Å². The predicted octanol–water partition coefficient (Wildman–Crippen LogP) is 0.983. The Labute approximate surface area is 113 Å². The molecule has 0 aliphatic carbocycles. The summed E-state index contributed by atoms with van der Waals surface area (Å²) < 4.78 is 22.3. The fourth-order valence-electron chi connectivity index (χ4n) is 2.32. The summed E-state index contributed by atoms with van der Waals surface area (Å²) in [6.45, 7) is 0.624. The number of carbonyl (C=O) groups excluding carboxylic acids is 1. The van der Waals surface area contributed by atoms with E-state index in [0.717, 1.165) is 30.3 Å². The van der Waals surface area contributed by atoms with Gasteiger partial charge in [-0.2, -0.15) is 0 Å². The van der Waals surface area contributed by atoms with Crippen LogP contribution in [0, 0.1) is 0 Å². The molecule has 19 heavy (non-hydrogen) atoms. The summed E-state index contributed by atoms with van der Waals surface area (Å²) in [5.41, 5.74) is 8.42. The van der Waals surface area contributed by atoms with Crippen molar-refractivity contribution in [1.82, 2.24) is 0 Å². The molecule has 0 aromatic heterocycles. The number of fused-ring (bicyclic) bond motifs is 1. The Morgan fingerprint density at radius 3 is 2.84 bits per heavy atom. The number of hydrogen-bond acceptors (Lipinski definition) is 4. The molecule has 0 saturated heterocycles. The van der Waals surface area contributed by atoms with Gasteiger partial charge in [0.25, 0.3) is 0 Å². The number of nitrogens with two attached hydrogens (primary N) is 1. The molecule has 0 atom stereocenters. The van der Waals surface area contributed by atoms with E-state index in [1.54, 1.807) is 4.90 Å². The maximum Gasteiger partial charge on any atom is 0.228 e. The van der Waals surface area contributed by atoms with Crippen molar-refractivity contribution in [3.05, 3.63) is 23.8 Å². The Balaban J connectivity index is 2.20. The van der Waals surface area contributed by atoms with Crippen LogP contribution in [0.25, 0.3) is 0 Å². The first-order chi connectivity index (χ1) is 8.88. The number of rotatable bonds is 3. The molecule has 5 nitrogen and oxygen atoms in total. The van der Waals surface area contributed by atoms with Crippen LogP contribution in [-0.4, -0.2) is 32.9 Å². The zero-order chi connectivity index (χ0) is 14.0. The number of anilines is 2. The smallest absolute Gasteiger partial charge is 0.228 e. The van der Waals surface area contributed by atoms with E-state index in [9.17, 15) is 13.2 Å². The molecule has 1 heterocycles. The van der Waals surface area contributed by atoms with Gasteiger partial charge in [0.2, 0.25) is 5.91 Å². The Hall–Kier alpha value is -1.56. The number of hydrogen-bond donors (Lipinski definition) is 1. The van der Waals surface area contributed by atoms with Crippen molar-refractivity contribution in [3.63, 3.8) is 0 Å². The molecule has 1 aromatic rings. The normalized spacial score (nSPS) is 15.1. The molecular weight excluding hydrogens is 264 g/mol. The van der Waals surface area contributed by atoms with Crippen LogP contribution in [0.3, 0.4) is 0 Å². The lowest BCUT2D eigenvalue weighted by Crippen LogP contribution is -2.36. The van der Waals surface area contributed by atoms with Crippen molar-refractivity contribution in [2.24, 2.45) is 0 Å². The Bertz CT molecular complexity index is 596. The second-order valence-electron chi connectivity index (χ2n) is 4.87. The van der Waals surface area contributed by atoms with Gasteiger partial charge < -0.3 is 10.6 Å². The van der Waals surface area contributed by atoms with E-state index >= 15 is 0 Å². The van der Waals surface area contributed by atoms with Crippen molar-refractivity contribution < 1.29 is 13.2 Å². The van der Waals surface area contributed by atoms with Crippen LogP contribution in [0.5, 0.6) is 0 Å². The van der Waals surface area contributed by atoms with Gasteiger partial charge in [-0.15, -0.1) is 0 Å². The highest BCUT2D eigenvalue weighted by Crippen LogP contribution is 2.31. The first-order valence-electron chi connectivity index (χ1n) is 6.24. The van der Waals surface area contributed by atoms with Crippen LogP contribution >= 0.6 is 0 Å². The highest BCUT2D eigenvalue weighted by molar-refractivity contribution is 7.90. The Morgan fingerprint density at radius 1 is 1.42 bits per heavy atom. The third-order valence-corrected chi connectivity index (χ3v) is 4.22. The molecular formula is C13H18N2O3S. The van der Waals surface area contributed by atoms with E-state index in [4.69, 9.17) is 5.73 Å². The van der Waals surface area contributed by atoms with Crippen LogP contribution < -0.4 is 10.6 Å². The fourth-order valence-corrected chi connectivity index (χ4v) is 2.86. The fraction of sp³-hybridized carbons (Fsp3) is 0.462.